The van der Waals surface area contributed by atoms with Crippen LogP contribution in [0, 0.1) is 0 Å². The van der Waals surface area contributed by atoms with Crippen molar-refractivity contribution in [3.05, 3.63) is 60.8 Å². The van der Waals surface area contributed by atoms with E-state index >= 15 is 0 Å². The van der Waals surface area contributed by atoms with Gasteiger partial charge in [-0.3, -0.25) is 4.98 Å². The number of pyridine rings is 2. The quantitative estimate of drug-likeness (QED) is 0.756. The first-order chi connectivity index (χ1) is 9.81. The van der Waals surface area contributed by atoms with Crippen LogP contribution >= 0.6 is 0 Å². The van der Waals surface area contributed by atoms with Crippen molar-refractivity contribution in [1.29, 1.82) is 0 Å². The zero-order chi connectivity index (χ0) is 13.8. The lowest BCUT2D eigenvalue weighted by atomic mass is 10.3. The molecular weight excluding hydrogens is 254 g/mol. The summed E-state index contributed by atoms with van der Waals surface area (Å²) in [6, 6.07) is 9.06. The Balaban J connectivity index is 1.65. The fraction of sp³-hybridized carbons (Fsp3) is 0.0714. The van der Waals surface area contributed by atoms with E-state index in [1.807, 2.05) is 24.4 Å². The van der Waals surface area contributed by atoms with Gasteiger partial charge >= 0.3 is 0 Å². The molecule has 0 aliphatic carbocycles. The molecule has 6 heteroatoms. The first-order valence-corrected chi connectivity index (χ1v) is 6.15. The fourth-order valence-corrected chi connectivity index (χ4v) is 1.74. The van der Waals surface area contributed by atoms with E-state index in [1.54, 1.807) is 29.2 Å². The van der Waals surface area contributed by atoms with Crippen molar-refractivity contribution >= 4 is 5.69 Å². The number of aromatic hydroxyl groups is 1. The van der Waals surface area contributed by atoms with Crippen molar-refractivity contribution in [3.8, 4) is 11.6 Å². The van der Waals surface area contributed by atoms with E-state index in [4.69, 9.17) is 5.11 Å². The lowest BCUT2D eigenvalue weighted by Gasteiger charge is -2.06. The average molecular weight is 267 g/mol. The van der Waals surface area contributed by atoms with Crippen LogP contribution in [-0.4, -0.2) is 24.9 Å². The lowest BCUT2D eigenvalue weighted by Crippen LogP contribution is -2.03. The van der Waals surface area contributed by atoms with Gasteiger partial charge in [0.1, 0.15) is 5.75 Å². The summed E-state index contributed by atoms with van der Waals surface area (Å²) in [5.41, 5.74) is 1.75. The van der Waals surface area contributed by atoms with Gasteiger partial charge in [-0.05, 0) is 30.3 Å². The number of hydrogen-bond donors (Lipinski definition) is 2. The summed E-state index contributed by atoms with van der Waals surface area (Å²) in [5, 5.41) is 16.5. The van der Waals surface area contributed by atoms with E-state index in [-0.39, 0.29) is 5.75 Å². The highest BCUT2D eigenvalue weighted by Gasteiger charge is 1.99. The molecule has 0 atom stereocenters. The molecule has 3 aromatic rings. The van der Waals surface area contributed by atoms with Crippen molar-refractivity contribution < 1.29 is 5.11 Å². The van der Waals surface area contributed by atoms with Crippen molar-refractivity contribution in [1.82, 2.24) is 19.7 Å². The minimum absolute atomic E-state index is 0.166. The van der Waals surface area contributed by atoms with Gasteiger partial charge in [0, 0.05) is 12.4 Å². The summed E-state index contributed by atoms with van der Waals surface area (Å²) in [5.74, 6) is 0.933. The van der Waals surface area contributed by atoms with Gasteiger partial charge in [-0.1, -0.05) is 0 Å². The Hall–Kier alpha value is -2.89. The van der Waals surface area contributed by atoms with Crippen LogP contribution in [0.5, 0.6) is 5.75 Å². The minimum atomic E-state index is 0.166. The van der Waals surface area contributed by atoms with E-state index in [0.717, 1.165) is 17.2 Å². The molecule has 100 valence electrons. The van der Waals surface area contributed by atoms with Crippen molar-refractivity contribution in [3.63, 3.8) is 0 Å². The van der Waals surface area contributed by atoms with Gasteiger partial charge < -0.3 is 10.4 Å². The van der Waals surface area contributed by atoms with Gasteiger partial charge in [0.2, 0.25) is 0 Å². The molecule has 3 heterocycles. The molecule has 0 aromatic carbocycles. The average Bonchev–Trinajstić information content (AvgIpc) is 3.01. The van der Waals surface area contributed by atoms with Crippen LogP contribution < -0.4 is 5.32 Å². The molecule has 0 fully saturated rings. The monoisotopic (exact) mass is 267 g/mol. The van der Waals surface area contributed by atoms with E-state index < -0.39 is 0 Å². The van der Waals surface area contributed by atoms with Crippen molar-refractivity contribution in [2.45, 2.75) is 6.54 Å². The van der Waals surface area contributed by atoms with E-state index in [0.29, 0.717) is 6.54 Å². The standard InChI is InChI=1S/C14H13N5O/c20-13-4-2-11(16-10-13)8-15-12-3-5-14(17-9-12)19-7-1-6-18-19/h1-7,9-10,15,20H,8H2. The van der Waals surface area contributed by atoms with Crippen molar-refractivity contribution in [2.24, 2.45) is 0 Å². The number of nitrogens with zero attached hydrogens (tertiary/aromatic N) is 4. The van der Waals surface area contributed by atoms with E-state index in [1.165, 1.54) is 6.20 Å². The summed E-state index contributed by atoms with van der Waals surface area (Å²) < 4.78 is 1.70. The van der Waals surface area contributed by atoms with Crippen LogP contribution in [0.2, 0.25) is 0 Å². The van der Waals surface area contributed by atoms with Gasteiger partial charge in [-0.15, -0.1) is 0 Å². The van der Waals surface area contributed by atoms with Crippen molar-refractivity contribution in [2.75, 3.05) is 5.32 Å². The first kappa shape index (κ1) is 12.2. The Labute approximate surface area is 115 Å². The molecule has 0 amide bonds. The first-order valence-electron chi connectivity index (χ1n) is 6.15. The number of hydrogen-bond acceptors (Lipinski definition) is 5. The maximum Gasteiger partial charge on any atom is 0.153 e. The number of anilines is 1. The zero-order valence-electron chi connectivity index (χ0n) is 10.6. The fourth-order valence-electron chi connectivity index (χ4n) is 1.74. The molecule has 0 radical (unpaired) electrons. The topological polar surface area (TPSA) is 75.9 Å². The molecule has 0 saturated carbocycles. The summed E-state index contributed by atoms with van der Waals surface area (Å²) in [4.78, 5) is 8.43. The SMILES string of the molecule is Oc1ccc(CNc2ccc(-n3cccn3)nc2)nc1. The third kappa shape index (κ3) is 2.74. The number of aromatic nitrogens is 4. The molecule has 2 N–H and O–H groups in total. The molecule has 0 spiro atoms. The third-order valence-corrected chi connectivity index (χ3v) is 2.77. The predicted molar refractivity (Wildman–Crippen MR) is 74.6 cm³/mol. The van der Waals surface area contributed by atoms with Crippen LogP contribution in [0.25, 0.3) is 5.82 Å². The lowest BCUT2D eigenvalue weighted by molar-refractivity contribution is 0.472. The third-order valence-electron chi connectivity index (χ3n) is 2.77. The second-order valence-corrected chi connectivity index (χ2v) is 4.22. The smallest absolute Gasteiger partial charge is 0.153 e. The normalized spacial score (nSPS) is 10.4. The largest absolute Gasteiger partial charge is 0.506 e. The molecule has 20 heavy (non-hydrogen) atoms. The highest BCUT2D eigenvalue weighted by molar-refractivity contribution is 5.43. The van der Waals surface area contributed by atoms with Gasteiger partial charge in [-0.2, -0.15) is 5.10 Å². The van der Waals surface area contributed by atoms with Crippen LogP contribution in [0.4, 0.5) is 5.69 Å². The second-order valence-electron chi connectivity index (χ2n) is 4.22. The molecule has 0 saturated heterocycles. The Morgan fingerprint density at radius 1 is 1.10 bits per heavy atom. The minimum Gasteiger partial charge on any atom is -0.506 e. The molecule has 0 aliphatic rings. The van der Waals surface area contributed by atoms with Crippen LogP contribution in [0.1, 0.15) is 5.69 Å². The highest BCUT2D eigenvalue weighted by atomic mass is 16.3. The molecular formula is C14H13N5O. The number of rotatable bonds is 4. The van der Waals surface area contributed by atoms with Gasteiger partial charge in [0.25, 0.3) is 0 Å². The zero-order valence-corrected chi connectivity index (χ0v) is 10.6. The Kier molecular flexibility index (Phi) is 3.28. The molecule has 0 unspecified atom stereocenters. The molecule has 0 bridgehead atoms. The Bertz CT molecular complexity index is 662. The van der Waals surface area contributed by atoms with Gasteiger partial charge in [0.15, 0.2) is 5.82 Å². The maximum absolute atomic E-state index is 9.16. The molecule has 3 rings (SSSR count). The van der Waals surface area contributed by atoms with Crippen LogP contribution in [0.15, 0.2) is 55.1 Å². The molecule has 0 aliphatic heterocycles. The summed E-state index contributed by atoms with van der Waals surface area (Å²) in [6.07, 6.45) is 6.73. The van der Waals surface area contributed by atoms with Crippen LogP contribution in [-0.2, 0) is 6.54 Å². The summed E-state index contributed by atoms with van der Waals surface area (Å²) in [6.45, 7) is 0.572. The van der Waals surface area contributed by atoms with E-state index in [2.05, 4.69) is 20.4 Å². The summed E-state index contributed by atoms with van der Waals surface area (Å²) >= 11 is 0. The Morgan fingerprint density at radius 2 is 2.05 bits per heavy atom. The van der Waals surface area contributed by atoms with Gasteiger partial charge in [0.05, 0.1) is 30.3 Å². The maximum atomic E-state index is 9.16. The predicted octanol–water partition coefficient (Wildman–Crippen LogP) is 1.98. The summed E-state index contributed by atoms with van der Waals surface area (Å²) in [7, 11) is 0. The molecule has 6 nitrogen and oxygen atoms in total. The second kappa shape index (κ2) is 5.40. The number of nitrogens with one attached hydrogen (secondary N) is 1. The highest BCUT2D eigenvalue weighted by Crippen LogP contribution is 2.11. The molecule has 3 aromatic heterocycles. The van der Waals surface area contributed by atoms with Gasteiger partial charge in [-0.25, -0.2) is 9.67 Å². The van der Waals surface area contributed by atoms with Crippen LogP contribution in [0.3, 0.4) is 0 Å². The van der Waals surface area contributed by atoms with E-state index in [9.17, 15) is 0 Å². The Morgan fingerprint density at radius 3 is 2.70 bits per heavy atom.